The Bertz CT molecular complexity index is 655. The number of rotatable bonds is 2. The minimum Gasteiger partial charge on any atom is -0.389 e. The number of nitrogens with zero attached hydrogens (tertiary/aromatic N) is 3. The van der Waals surface area contributed by atoms with E-state index in [1.165, 1.54) is 11.5 Å². The zero-order valence-electron chi connectivity index (χ0n) is 9.62. The van der Waals surface area contributed by atoms with Crippen LogP contribution in [0.5, 0.6) is 0 Å². The van der Waals surface area contributed by atoms with E-state index in [0.717, 1.165) is 16.8 Å². The van der Waals surface area contributed by atoms with Gasteiger partial charge in [-0.05, 0) is 18.5 Å². The first-order chi connectivity index (χ1) is 8.75. The van der Waals surface area contributed by atoms with Crippen molar-refractivity contribution in [2.45, 2.75) is 6.92 Å². The first-order valence-electron chi connectivity index (χ1n) is 5.37. The Morgan fingerprint density at radius 1 is 1.22 bits per heavy atom. The van der Waals surface area contributed by atoms with Crippen molar-refractivity contribution in [1.82, 2.24) is 14.5 Å². The number of nitrogen functional groups attached to an aromatic ring is 1. The fourth-order valence-corrected chi connectivity index (χ4v) is 2.33. The monoisotopic (exact) mass is 258 g/mol. The second-order valence-corrected chi connectivity index (χ2v) is 4.60. The lowest BCUT2D eigenvalue weighted by Gasteiger charge is -1.92. The predicted octanol–water partition coefficient (Wildman–Crippen LogP) is 2.75. The molecule has 0 saturated heterocycles. The van der Waals surface area contributed by atoms with Gasteiger partial charge in [-0.1, -0.05) is 35.5 Å². The van der Waals surface area contributed by atoms with Crippen LogP contribution in [0, 0.1) is 6.92 Å². The van der Waals surface area contributed by atoms with Gasteiger partial charge in [-0.25, -0.2) is 0 Å². The van der Waals surface area contributed by atoms with Crippen molar-refractivity contribution in [3.63, 3.8) is 0 Å². The SMILES string of the molecule is Cc1nsc(N)c1-c1nc(-c2ccccc2)no1. The van der Waals surface area contributed by atoms with Crippen LogP contribution in [0.1, 0.15) is 5.69 Å². The van der Waals surface area contributed by atoms with Gasteiger partial charge in [-0.3, -0.25) is 0 Å². The summed E-state index contributed by atoms with van der Waals surface area (Å²) in [4.78, 5) is 4.35. The Morgan fingerprint density at radius 2 is 2.00 bits per heavy atom. The molecule has 2 aromatic heterocycles. The highest BCUT2D eigenvalue weighted by Gasteiger charge is 2.17. The Hall–Kier alpha value is -2.21. The summed E-state index contributed by atoms with van der Waals surface area (Å²) >= 11 is 1.23. The van der Waals surface area contributed by atoms with E-state index in [9.17, 15) is 0 Å². The average molecular weight is 258 g/mol. The Morgan fingerprint density at radius 3 is 2.67 bits per heavy atom. The third kappa shape index (κ3) is 1.76. The van der Waals surface area contributed by atoms with Gasteiger partial charge in [0.05, 0.1) is 11.3 Å². The van der Waals surface area contributed by atoms with E-state index in [1.54, 1.807) is 0 Å². The minimum atomic E-state index is 0.414. The summed E-state index contributed by atoms with van der Waals surface area (Å²) in [6.45, 7) is 1.87. The second kappa shape index (κ2) is 4.23. The number of hydrogen-bond donors (Lipinski definition) is 1. The van der Waals surface area contributed by atoms with Crippen molar-refractivity contribution in [1.29, 1.82) is 0 Å². The van der Waals surface area contributed by atoms with Crippen LogP contribution < -0.4 is 5.73 Å². The number of benzene rings is 1. The van der Waals surface area contributed by atoms with Gasteiger partial charge in [0, 0.05) is 5.56 Å². The molecule has 0 aliphatic rings. The van der Waals surface area contributed by atoms with Gasteiger partial charge >= 0.3 is 0 Å². The normalized spacial score (nSPS) is 10.7. The number of aryl methyl sites for hydroxylation is 1. The first kappa shape index (κ1) is 10.9. The molecular formula is C12H10N4OS. The predicted molar refractivity (Wildman–Crippen MR) is 70.0 cm³/mol. The molecule has 5 nitrogen and oxygen atoms in total. The zero-order chi connectivity index (χ0) is 12.5. The minimum absolute atomic E-state index is 0.414. The van der Waals surface area contributed by atoms with E-state index in [4.69, 9.17) is 10.3 Å². The molecule has 0 spiro atoms. The fourth-order valence-electron chi connectivity index (χ4n) is 1.68. The lowest BCUT2D eigenvalue weighted by Crippen LogP contribution is -1.86. The number of nitrogens with two attached hydrogens (primary N) is 1. The van der Waals surface area contributed by atoms with Crippen molar-refractivity contribution in [2.75, 3.05) is 5.73 Å². The Balaban J connectivity index is 2.05. The van der Waals surface area contributed by atoms with Crippen molar-refractivity contribution in [3.05, 3.63) is 36.0 Å². The molecule has 6 heteroatoms. The maximum atomic E-state index is 5.85. The molecule has 0 unspecified atom stereocenters. The van der Waals surface area contributed by atoms with Crippen LogP contribution >= 0.6 is 11.5 Å². The van der Waals surface area contributed by atoms with Crippen LogP contribution in [-0.4, -0.2) is 14.5 Å². The molecule has 0 atom stereocenters. The molecule has 0 bridgehead atoms. The molecule has 3 rings (SSSR count). The van der Waals surface area contributed by atoms with Gasteiger partial charge in [-0.15, -0.1) is 0 Å². The molecule has 0 fully saturated rings. The smallest absolute Gasteiger partial charge is 0.263 e. The molecule has 1 aromatic carbocycles. The van der Waals surface area contributed by atoms with Crippen LogP contribution in [0.2, 0.25) is 0 Å². The summed E-state index contributed by atoms with van der Waals surface area (Å²) < 4.78 is 9.41. The zero-order valence-corrected chi connectivity index (χ0v) is 10.4. The quantitative estimate of drug-likeness (QED) is 0.764. The highest BCUT2D eigenvalue weighted by Crippen LogP contribution is 2.32. The molecular weight excluding hydrogens is 248 g/mol. The molecule has 0 radical (unpaired) electrons. The van der Waals surface area contributed by atoms with Crippen molar-refractivity contribution in [2.24, 2.45) is 0 Å². The van der Waals surface area contributed by atoms with Gasteiger partial charge in [0.15, 0.2) is 0 Å². The van der Waals surface area contributed by atoms with Crippen molar-refractivity contribution < 1.29 is 4.52 Å². The topological polar surface area (TPSA) is 77.8 Å². The molecule has 0 aliphatic carbocycles. The van der Waals surface area contributed by atoms with Crippen LogP contribution in [0.3, 0.4) is 0 Å². The maximum Gasteiger partial charge on any atom is 0.263 e. The van der Waals surface area contributed by atoms with E-state index in [-0.39, 0.29) is 0 Å². The van der Waals surface area contributed by atoms with Gasteiger partial charge in [0.1, 0.15) is 5.00 Å². The summed E-state index contributed by atoms with van der Waals surface area (Å²) in [5.41, 5.74) is 8.30. The third-order valence-corrected chi connectivity index (χ3v) is 3.33. The fraction of sp³-hybridized carbons (Fsp3) is 0.0833. The largest absolute Gasteiger partial charge is 0.389 e. The molecule has 18 heavy (non-hydrogen) atoms. The van der Waals surface area contributed by atoms with E-state index >= 15 is 0 Å². The molecule has 2 N–H and O–H groups in total. The highest BCUT2D eigenvalue weighted by atomic mass is 32.1. The maximum absolute atomic E-state index is 5.85. The number of hydrogen-bond acceptors (Lipinski definition) is 6. The van der Waals surface area contributed by atoms with Crippen LogP contribution in [0.4, 0.5) is 5.00 Å². The third-order valence-electron chi connectivity index (χ3n) is 2.56. The number of anilines is 1. The van der Waals surface area contributed by atoms with Crippen molar-refractivity contribution in [3.8, 4) is 22.8 Å². The van der Waals surface area contributed by atoms with Crippen LogP contribution in [-0.2, 0) is 0 Å². The second-order valence-electron chi connectivity index (χ2n) is 3.80. The molecule has 3 aromatic rings. The van der Waals surface area contributed by atoms with E-state index in [0.29, 0.717) is 16.7 Å². The molecule has 90 valence electrons. The molecule has 0 saturated carbocycles. The summed E-state index contributed by atoms with van der Waals surface area (Å²) in [7, 11) is 0. The molecule has 0 aliphatic heterocycles. The summed E-state index contributed by atoms with van der Waals surface area (Å²) in [5.74, 6) is 0.966. The van der Waals surface area contributed by atoms with Crippen LogP contribution in [0.25, 0.3) is 22.8 Å². The van der Waals surface area contributed by atoms with Crippen LogP contribution in [0.15, 0.2) is 34.9 Å². The van der Waals surface area contributed by atoms with Gasteiger partial charge in [0.2, 0.25) is 5.82 Å². The van der Waals surface area contributed by atoms with E-state index in [1.807, 2.05) is 37.3 Å². The highest BCUT2D eigenvalue weighted by molar-refractivity contribution is 7.10. The summed E-state index contributed by atoms with van der Waals surface area (Å²) in [6.07, 6.45) is 0. The standard InChI is InChI=1S/C12H10N4OS/c1-7-9(10(13)18-16-7)12-14-11(15-17-12)8-5-3-2-4-6-8/h2-6H,13H2,1H3. The molecule has 0 amide bonds. The van der Waals surface area contributed by atoms with Gasteiger partial charge < -0.3 is 10.3 Å². The summed E-state index contributed by atoms with van der Waals surface area (Å²) in [5, 5.41) is 4.55. The van der Waals surface area contributed by atoms with E-state index < -0.39 is 0 Å². The van der Waals surface area contributed by atoms with Gasteiger partial charge in [-0.2, -0.15) is 9.36 Å². The number of aromatic nitrogens is 3. The Kier molecular flexibility index (Phi) is 2.56. The lowest BCUT2D eigenvalue weighted by molar-refractivity contribution is 0.432. The first-order valence-corrected chi connectivity index (χ1v) is 6.14. The van der Waals surface area contributed by atoms with Gasteiger partial charge in [0.25, 0.3) is 5.89 Å². The van der Waals surface area contributed by atoms with E-state index in [2.05, 4.69) is 14.5 Å². The van der Waals surface area contributed by atoms with Crippen molar-refractivity contribution >= 4 is 16.5 Å². The average Bonchev–Trinajstić information content (AvgIpc) is 2.98. The Labute approximate surface area is 107 Å². The lowest BCUT2D eigenvalue weighted by atomic mass is 10.2. The molecule has 2 heterocycles. The summed E-state index contributed by atoms with van der Waals surface area (Å²) in [6, 6.07) is 9.65.